The van der Waals surface area contributed by atoms with Gasteiger partial charge >= 0.3 is 64.9 Å². The number of nitrogens with one attached hydrogen (secondary N) is 2. The molecule has 2 aliphatic carbocycles. The van der Waals surface area contributed by atoms with E-state index in [-0.39, 0.29) is 34.5 Å². The Balaban J connectivity index is 0.000000190. The number of aliphatic hydroxyl groups excluding tert-OH is 2. The zero-order valence-corrected chi connectivity index (χ0v) is 35.3. The average Bonchev–Trinajstić information content (AvgIpc) is 3.51. The fraction of sp³-hybridized carbons (Fsp3) is 0.652. The second-order valence-electron chi connectivity index (χ2n) is 9.66. The molecular formula is C23H31Cl2I4N6O3S2V. The molecule has 0 saturated heterocycles. The zero-order valence-electron chi connectivity index (χ0n) is 22.1. The molecule has 230 valence electrons. The first-order chi connectivity index (χ1) is 19.6. The Kier molecular flexibility index (Phi) is 16.5. The minimum atomic E-state index is -1.06. The maximum atomic E-state index is 12.0. The summed E-state index contributed by atoms with van der Waals surface area (Å²) >= 11 is 23.1. The molecule has 4 aliphatic rings. The number of fused-ring (bicyclic) bond motifs is 2. The number of aromatic nitrogens is 4. The number of halogens is 6. The third-order valence-corrected chi connectivity index (χ3v) is 10.1. The van der Waals surface area contributed by atoms with Gasteiger partial charge in [0, 0.05) is 24.3 Å². The molecule has 4 heterocycles. The first-order valence-corrected chi connectivity index (χ1v) is 31.4. The fourth-order valence-electron chi connectivity index (χ4n) is 4.73. The molecule has 4 N–H and O–H groups in total. The van der Waals surface area contributed by atoms with Gasteiger partial charge in [0.25, 0.3) is 0 Å². The van der Waals surface area contributed by atoms with Crippen molar-refractivity contribution in [3.63, 3.8) is 0 Å². The molecule has 2 aromatic rings. The molecule has 2 aromatic heterocycles. The van der Waals surface area contributed by atoms with Crippen molar-refractivity contribution in [1.29, 1.82) is 0 Å². The van der Waals surface area contributed by atoms with E-state index in [4.69, 9.17) is 23.2 Å². The van der Waals surface area contributed by atoms with Crippen LogP contribution >= 0.6 is 117 Å². The molecule has 2 saturated carbocycles. The van der Waals surface area contributed by atoms with Gasteiger partial charge in [-0.1, -0.05) is 22.6 Å². The van der Waals surface area contributed by atoms with Crippen LogP contribution in [0.1, 0.15) is 49.9 Å². The van der Waals surface area contributed by atoms with Gasteiger partial charge in [-0.05, 0) is 66.7 Å². The number of rotatable bonds is 6. The van der Waals surface area contributed by atoms with Gasteiger partial charge in [-0.2, -0.15) is 9.97 Å². The van der Waals surface area contributed by atoms with Crippen LogP contribution in [0.2, 0.25) is 10.6 Å². The topological polar surface area (TPSA) is 133 Å². The van der Waals surface area contributed by atoms with E-state index in [1.165, 1.54) is 0 Å². The fourth-order valence-corrected chi connectivity index (χ4v) is 7.45. The Morgan fingerprint density at radius 2 is 1.37 bits per heavy atom. The third-order valence-electron chi connectivity index (χ3n) is 7.15. The van der Waals surface area contributed by atoms with Gasteiger partial charge in [0.2, 0.25) is 10.6 Å². The van der Waals surface area contributed by atoms with Crippen molar-refractivity contribution in [2.24, 2.45) is 0 Å². The van der Waals surface area contributed by atoms with Gasteiger partial charge in [-0.25, -0.2) is 9.97 Å². The molecule has 0 aromatic carbocycles. The summed E-state index contributed by atoms with van der Waals surface area (Å²) in [6, 6.07) is 0. The summed E-state index contributed by atoms with van der Waals surface area (Å²) in [4.78, 5) is 20.3. The van der Waals surface area contributed by atoms with E-state index in [9.17, 15) is 14.4 Å². The van der Waals surface area contributed by atoms with Crippen molar-refractivity contribution >= 4 is 140 Å². The number of aliphatic hydroxyl groups is 2. The predicted octanol–water partition coefficient (Wildman–Crippen LogP) is 6.93. The maximum absolute atomic E-state index is 12.0. The Morgan fingerprint density at radius 1 is 0.878 bits per heavy atom. The van der Waals surface area contributed by atoms with Crippen LogP contribution in [-0.2, 0) is 28.6 Å². The van der Waals surface area contributed by atoms with Gasteiger partial charge in [-0.3, -0.25) is 4.21 Å². The number of hydrogen-bond acceptors (Lipinski definition) is 10. The Bertz CT molecular complexity index is 1200. The molecule has 0 amide bonds. The summed E-state index contributed by atoms with van der Waals surface area (Å²) in [5, 5.41) is 26.0. The van der Waals surface area contributed by atoms with Crippen LogP contribution in [0.4, 0.5) is 11.6 Å². The van der Waals surface area contributed by atoms with Crippen molar-refractivity contribution in [2.75, 3.05) is 40.3 Å². The van der Waals surface area contributed by atoms with E-state index in [1.54, 1.807) is 11.8 Å². The number of thioether (sulfide) groups is 1. The average molecular weight is 1130 g/mol. The van der Waals surface area contributed by atoms with Gasteiger partial charge in [-0.15, -0.1) is 11.8 Å². The van der Waals surface area contributed by atoms with Crippen LogP contribution in [0.3, 0.4) is 0 Å². The molecule has 0 bridgehead atoms. The van der Waals surface area contributed by atoms with E-state index >= 15 is 0 Å². The van der Waals surface area contributed by atoms with Crippen molar-refractivity contribution in [2.45, 2.75) is 72.2 Å². The Hall–Kier alpha value is 2.26. The predicted molar refractivity (Wildman–Crippen MR) is 200 cm³/mol. The summed E-state index contributed by atoms with van der Waals surface area (Å²) < 4.78 is 12.0. The van der Waals surface area contributed by atoms with Crippen molar-refractivity contribution in [3.05, 3.63) is 22.0 Å². The first-order valence-electron chi connectivity index (χ1n) is 12.7. The molecule has 41 heavy (non-hydrogen) atoms. The first kappa shape index (κ1) is 37.7. The van der Waals surface area contributed by atoms with Crippen LogP contribution in [0, 0.1) is 0 Å². The summed E-state index contributed by atoms with van der Waals surface area (Å²) in [6.45, 7) is 0.199. The molecule has 1 unspecified atom stereocenters. The molecule has 6 rings (SSSR count). The number of aryl methyl sites for hydroxylation is 2. The molecule has 18 heteroatoms. The van der Waals surface area contributed by atoms with Crippen LogP contribution in [0.15, 0.2) is 9.79 Å². The third kappa shape index (κ3) is 10.4. The molecule has 2 fully saturated rings. The number of nitrogens with zero attached hydrogens (tertiary/aromatic N) is 4. The summed E-state index contributed by atoms with van der Waals surface area (Å²) in [6.07, 6.45) is 7.63. The van der Waals surface area contributed by atoms with Crippen LogP contribution < -0.4 is 10.6 Å². The van der Waals surface area contributed by atoms with Gasteiger partial charge in [0.05, 0.1) is 51.4 Å². The summed E-state index contributed by atoms with van der Waals surface area (Å²) in [7, 11) is -1.06. The number of anilines is 2. The molecule has 0 spiro atoms. The normalized spacial score (nSPS) is 20.4. The van der Waals surface area contributed by atoms with Gasteiger partial charge in [0.15, 0.2) is 0 Å². The minimum absolute atomic E-state index is 0.0516. The van der Waals surface area contributed by atoms with Crippen molar-refractivity contribution < 1.29 is 19.3 Å². The quantitative estimate of drug-likeness (QED) is 0.137. The number of alkyl halides is 1. The van der Waals surface area contributed by atoms with Crippen LogP contribution in [0.25, 0.3) is 0 Å². The molecule has 1 atom stereocenters. The van der Waals surface area contributed by atoms with Crippen LogP contribution in [-0.4, -0.2) is 75.1 Å². The zero-order chi connectivity index (χ0) is 30.2. The number of hydrogen-bond donors (Lipinski definition) is 4. The summed E-state index contributed by atoms with van der Waals surface area (Å²) in [5.41, 5.74) is 1.29. The monoisotopic (exact) mass is 1130 g/mol. The standard InChI is InChI=1S/C11H14ClN3O2S.C11H14ClN3OS.CH3I.3HI.V/c12-10-13-7-2-5-18(17)8(7)9(14-10)15-11(6-16)3-1-4-11;12-10-13-7-2-5-17-8(7)9(14-10)15-11(6-16)3-1-4-11;1-2;;;;/h16H,1-6H2,(H,13,14,15);16H,1-6H2,(H,13,14,15);1H3;3*1H;/q;;;;;;+3/p-3. The molecular weight excluding hydrogens is 1100 g/mol. The van der Waals surface area contributed by atoms with E-state index < -0.39 is 10.8 Å². The van der Waals surface area contributed by atoms with Gasteiger partial charge < -0.3 is 20.8 Å². The van der Waals surface area contributed by atoms with E-state index in [0.717, 1.165) is 72.8 Å². The van der Waals surface area contributed by atoms with E-state index in [1.807, 2.05) is 4.93 Å². The molecule has 2 aliphatic heterocycles. The van der Waals surface area contributed by atoms with Crippen molar-refractivity contribution in [3.8, 4) is 0 Å². The SMILES string of the molecule is CI.O=S1CCc2nc(Cl)nc(NC3(CO)CCC3)c21.OCC1(Nc2nc(Cl)nc3c2SCC3)CCC1.[I][V]([I])[I]. The van der Waals surface area contributed by atoms with Gasteiger partial charge in [0.1, 0.15) is 16.5 Å². The molecule has 0 radical (unpaired) electrons. The second kappa shape index (κ2) is 18.0. The van der Waals surface area contributed by atoms with Crippen molar-refractivity contribution in [1.82, 2.24) is 19.9 Å². The van der Waals surface area contributed by atoms with E-state index in [2.05, 4.69) is 113 Å². The molecule has 9 nitrogen and oxygen atoms in total. The van der Waals surface area contributed by atoms with Crippen LogP contribution in [0.5, 0.6) is 0 Å². The Labute approximate surface area is 309 Å². The van der Waals surface area contributed by atoms with E-state index in [0.29, 0.717) is 28.2 Å². The Morgan fingerprint density at radius 3 is 1.85 bits per heavy atom. The summed E-state index contributed by atoms with van der Waals surface area (Å²) in [5.74, 6) is 2.95. The second-order valence-corrected chi connectivity index (χ2v) is 48.3.